The molecule has 0 atom stereocenters. The maximum atomic E-state index is 6.49. The second kappa shape index (κ2) is 32.8. The molecule has 0 fully saturated rings. The molecule has 6 heterocycles. The molecular weight excluding hydrogens is 1640 g/mol. The van der Waals surface area contributed by atoms with Gasteiger partial charge in [-0.05, 0) is 214 Å². The Morgan fingerprint density at radius 3 is 0.841 bits per heavy atom. The van der Waals surface area contributed by atoms with Crippen LogP contribution in [0.4, 0.5) is 0 Å². The molecule has 0 saturated carbocycles. The molecule has 4 nitrogen and oxygen atoms in total. The maximum absolute atomic E-state index is 6.49. The van der Waals surface area contributed by atoms with Crippen molar-refractivity contribution in [1.29, 1.82) is 0 Å². The van der Waals surface area contributed by atoms with E-state index >= 15 is 0 Å². The van der Waals surface area contributed by atoms with Gasteiger partial charge in [0, 0.05) is 106 Å². The van der Waals surface area contributed by atoms with Gasteiger partial charge in [0.1, 0.15) is 11.2 Å². The fraction of sp³-hybridized carbons (Fsp3) is 0. The molecule has 618 valence electrons. The number of rotatable bonds is 6. The molecule has 132 heavy (non-hydrogen) atoms. The zero-order valence-electron chi connectivity index (χ0n) is 71.8. The van der Waals surface area contributed by atoms with Gasteiger partial charge in [-0.3, -0.25) is 0 Å². The number of furan rings is 1. The van der Waals surface area contributed by atoms with Crippen LogP contribution in [0.3, 0.4) is 0 Å². The van der Waals surface area contributed by atoms with Crippen molar-refractivity contribution >= 4 is 215 Å². The van der Waals surface area contributed by atoms with E-state index in [2.05, 4.69) is 493 Å². The van der Waals surface area contributed by atoms with Crippen molar-refractivity contribution in [2.24, 2.45) is 0 Å². The Labute approximate surface area is 769 Å². The summed E-state index contributed by atoms with van der Waals surface area (Å²) in [6, 6.07) is 178. The highest BCUT2D eigenvalue weighted by atomic mass is 32.1. The molecule has 0 aliphatic carbocycles. The Hall–Kier alpha value is -16.7. The zero-order chi connectivity index (χ0) is 87.1. The lowest BCUT2D eigenvalue weighted by Gasteiger charge is -2.15. The van der Waals surface area contributed by atoms with E-state index in [1.165, 1.54) is 171 Å². The summed E-state index contributed by atoms with van der Waals surface area (Å²) in [5.41, 5.74) is 19.3. The summed E-state index contributed by atoms with van der Waals surface area (Å²) in [7, 11) is 0. The highest BCUT2D eigenvalue weighted by molar-refractivity contribution is 7.26. The molecule has 0 bridgehead atoms. The average molecular weight is 1720 g/mol. The minimum absolute atomic E-state index is 0.909. The van der Waals surface area contributed by atoms with Crippen molar-refractivity contribution in [2.75, 3.05) is 0 Å². The molecule has 0 spiro atoms. The Bertz CT molecular complexity index is 9180. The van der Waals surface area contributed by atoms with Crippen molar-refractivity contribution in [3.8, 4) is 50.4 Å². The van der Waals surface area contributed by atoms with Crippen molar-refractivity contribution in [1.82, 2.24) is 13.7 Å². The first-order chi connectivity index (χ1) is 65.5. The average Bonchev–Trinajstić information content (AvgIpc) is 1.58. The molecule has 6 heteroatoms. The Morgan fingerprint density at radius 2 is 0.417 bits per heavy atom. The van der Waals surface area contributed by atoms with E-state index < -0.39 is 0 Å². The van der Waals surface area contributed by atoms with E-state index in [9.17, 15) is 0 Å². The zero-order valence-corrected chi connectivity index (χ0v) is 73.5. The van der Waals surface area contributed by atoms with Crippen molar-refractivity contribution in [3.63, 3.8) is 0 Å². The lowest BCUT2D eigenvalue weighted by Crippen LogP contribution is -1.97. The number of aromatic nitrogens is 3. The molecule has 0 saturated heterocycles. The van der Waals surface area contributed by atoms with Crippen LogP contribution in [-0.4, -0.2) is 13.7 Å². The number of para-hydroxylation sites is 8. The molecule has 27 rings (SSSR count). The number of nitrogens with zero attached hydrogens (tertiary/aromatic N) is 3. The van der Waals surface area contributed by atoms with Crippen LogP contribution in [0.25, 0.3) is 243 Å². The molecule has 21 aromatic carbocycles. The molecule has 0 N–H and O–H groups in total. The maximum Gasteiger partial charge on any atom is 0.143 e. The second-order valence-electron chi connectivity index (χ2n) is 33.9. The van der Waals surface area contributed by atoms with Crippen molar-refractivity contribution < 1.29 is 4.42 Å². The van der Waals surface area contributed by atoms with Crippen molar-refractivity contribution in [2.45, 2.75) is 0 Å². The summed E-state index contributed by atoms with van der Waals surface area (Å²) in [5, 5.41) is 29.5. The summed E-state index contributed by atoms with van der Waals surface area (Å²) in [6.45, 7) is 0. The van der Waals surface area contributed by atoms with Crippen LogP contribution in [0.5, 0.6) is 0 Å². The van der Waals surface area contributed by atoms with E-state index in [-0.39, 0.29) is 0 Å². The largest absolute Gasteiger partial charge is 0.455 e. The fourth-order valence-corrected chi connectivity index (χ4v) is 22.9. The summed E-state index contributed by atoms with van der Waals surface area (Å²) in [5.74, 6) is 0. The molecular formula is C126H81N3OS2. The summed E-state index contributed by atoms with van der Waals surface area (Å²) < 4.78 is 19.1. The van der Waals surface area contributed by atoms with Crippen LogP contribution >= 0.6 is 22.7 Å². The molecule has 27 aromatic rings. The summed E-state index contributed by atoms with van der Waals surface area (Å²) in [6.07, 6.45) is 0. The van der Waals surface area contributed by atoms with Gasteiger partial charge in [-0.2, -0.15) is 0 Å². The van der Waals surface area contributed by atoms with E-state index in [0.717, 1.165) is 72.2 Å². The number of hydrogen-bond acceptors (Lipinski definition) is 3. The predicted molar refractivity (Wildman–Crippen MR) is 570 cm³/mol. The topological polar surface area (TPSA) is 27.9 Å². The first-order valence-electron chi connectivity index (χ1n) is 45.1. The van der Waals surface area contributed by atoms with Gasteiger partial charge in [-0.1, -0.05) is 370 Å². The van der Waals surface area contributed by atoms with E-state index in [4.69, 9.17) is 4.42 Å². The monoisotopic (exact) mass is 1720 g/mol. The standard InChI is InChI=1S/C42H27NO.2C42H27NS/c2*1-2-13-29(14-3-1)43-39-23-10-8-19-35(39)33-17-6-4-15-31(33)32-16-5-7-18-34(32)38-27-28(25-26-40(38)43)30-21-12-22-37-36-20-9-11-24-41(36)44-42(30)37;1-2-12-30(13-3-1)43-39-20-10-8-18-35(39)33-16-6-4-14-31(33)32-15-5-7-17-34(32)37-26-28(22-24-40(37)43)29-23-25-42-38(27-29)36-19-9-11-21-41(36)44-42/h3*1-27H. The van der Waals surface area contributed by atoms with Crippen LogP contribution in [0.15, 0.2) is 496 Å². The van der Waals surface area contributed by atoms with Gasteiger partial charge >= 0.3 is 0 Å². The van der Waals surface area contributed by atoms with Crippen LogP contribution in [0.2, 0.25) is 0 Å². The SMILES string of the molecule is c1ccc(-n2c3ccccc3c3ccccc3c3ccccc3c3cc(-c4ccc5sc6ccccc6c5c4)ccc32)cc1.c1ccc(-n2c3ccccc3c3ccccc3c3ccccc3c3cc(-c4cccc5c4oc4ccccc45)ccc32)cc1.c1ccc(-n2c3ccccc3c3ccccc3c3ccccc3c3cc(-c4cccc5c4sc4ccccc45)ccc32)cc1. The van der Waals surface area contributed by atoms with Gasteiger partial charge in [0.15, 0.2) is 0 Å². The minimum Gasteiger partial charge on any atom is -0.455 e. The third-order valence-electron chi connectivity index (χ3n) is 26.5. The van der Waals surface area contributed by atoms with Crippen LogP contribution in [0, 0.1) is 0 Å². The minimum atomic E-state index is 0.909. The number of fused-ring (bicyclic) bond motifs is 30. The third kappa shape index (κ3) is 13.3. The van der Waals surface area contributed by atoms with Gasteiger partial charge < -0.3 is 18.1 Å². The quantitative estimate of drug-likeness (QED) is 0.163. The van der Waals surface area contributed by atoms with Gasteiger partial charge in [0.2, 0.25) is 0 Å². The lowest BCUT2D eigenvalue weighted by atomic mass is 9.98. The van der Waals surface area contributed by atoms with E-state index in [0.29, 0.717) is 0 Å². The third-order valence-corrected chi connectivity index (χ3v) is 28.9. The molecule has 0 unspecified atom stereocenters. The smallest absolute Gasteiger partial charge is 0.143 e. The van der Waals surface area contributed by atoms with E-state index in [1.54, 1.807) is 0 Å². The Kier molecular flexibility index (Phi) is 19.3. The molecule has 0 amide bonds. The van der Waals surface area contributed by atoms with E-state index in [1.807, 2.05) is 34.8 Å². The van der Waals surface area contributed by atoms with Crippen LogP contribution in [0.1, 0.15) is 0 Å². The second-order valence-corrected chi connectivity index (χ2v) is 36.0. The molecule has 6 aromatic heterocycles. The van der Waals surface area contributed by atoms with Gasteiger partial charge in [0.05, 0.1) is 33.1 Å². The molecule has 0 aliphatic heterocycles. The normalized spacial score (nSPS) is 11.6. The van der Waals surface area contributed by atoms with Gasteiger partial charge in [-0.15, -0.1) is 22.7 Å². The number of thiophene rings is 2. The number of hydrogen-bond donors (Lipinski definition) is 0. The fourth-order valence-electron chi connectivity index (χ4n) is 20.6. The van der Waals surface area contributed by atoms with Gasteiger partial charge in [0.25, 0.3) is 0 Å². The van der Waals surface area contributed by atoms with Crippen molar-refractivity contribution in [3.05, 3.63) is 491 Å². The first kappa shape index (κ1) is 77.6. The highest BCUT2D eigenvalue weighted by Crippen LogP contribution is 2.47. The summed E-state index contributed by atoms with van der Waals surface area (Å²) >= 11 is 3.75. The lowest BCUT2D eigenvalue weighted by molar-refractivity contribution is 0.670. The Balaban J connectivity index is 0.000000106. The molecule has 0 radical (unpaired) electrons. The van der Waals surface area contributed by atoms with Crippen LogP contribution < -0.4 is 0 Å². The van der Waals surface area contributed by atoms with Crippen LogP contribution in [-0.2, 0) is 0 Å². The molecule has 0 aliphatic rings. The summed E-state index contributed by atoms with van der Waals surface area (Å²) in [4.78, 5) is 0. The predicted octanol–water partition coefficient (Wildman–Crippen LogP) is 36.3. The first-order valence-corrected chi connectivity index (χ1v) is 46.7. The Morgan fingerprint density at radius 1 is 0.152 bits per heavy atom. The van der Waals surface area contributed by atoms with Gasteiger partial charge in [-0.25, -0.2) is 0 Å². The number of benzene rings is 21. The highest BCUT2D eigenvalue weighted by Gasteiger charge is 2.21.